The van der Waals surface area contributed by atoms with Crippen molar-refractivity contribution in [2.75, 3.05) is 0 Å². The zero-order chi connectivity index (χ0) is 9.26. The molecule has 1 atom stereocenters. The Kier molecular flexibility index (Phi) is 2.00. The van der Waals surface area contributed by atoms with Gasteiger partial charge in [0.05, 0.1) is 0 Å². The molecule has 2 rings (SSSR count). The van der Waals surface area contributed by atoms with Crippen LogP contribution in [0.3, 0.4) is 0 Å². The Balaban J connectivity index is 2.49. The number of hydrogen-bond acceptors (Lipinski definition) is 4. The summed E-state index contributed by atoms with van der Waals surface area (Å²) >= 11 is 0. The van der Waals surface area contributed by atoms with E-state index in [1.807, 2.05) is 24.3 Å². The van der Waals surface area contributed by atoms with E-state index in [0.29, 0.717) is 5.89 Å². The Morgan fingerprint density at radius 3 is 2.92 bits per heavy atom. The van der Waals surface area contributed by atoms with E-state index in [2.05, 4.69) is 10.5 Å². The zero-order valence-electron chi connectivity index (χ0n) is 7.19. The molecule has 0 saturated heterocycles. The van der Waals surface area contributed by atoms with Crippen LogP contribution in [0.25, 0.3) is 11.1 Å². The molecule has 0 amide bonds. The molecular formula is C9H10N2O2. The molecule has 1 unspecified atom stereocenters. The number of para-hydroxylation sites is 2. The monoisotopic (exact) mass is 178 g/mol. The molecule has 0 bridgehead atoms. The summed E-state index contributed by atoms with van der Waals surface area (Å²) in [4.78, 5) is 4.19. The molecule has 0 aliphatic heterocycles. The summed E-state index contributed by atoms with van der Waals surface area (Å²) in [5.74, 6) is 0.490. The third-order valence-electron chi connectivity index (χ3n) is 1.87. The first-order valence-corrected chi connectivity index (χ1v) is 4.06. The second-order valence-corrected chi connectivity index (χ2v) is 2.87. The molecule has 4 heteroatoms. The van der Waals surface area contributed by atoms with E-state index in [1.54, 1.807) is 6.92 Å². The average Bonchev–Trinajstić information content (AvgIpc) is 2.59. The van der Waals surface area contributed by atoms with E-state index in [0.717, 1.165) is 11.1 Å². The lowest BCUT2D eigenvalue weighted by Crippen LogP contribution is -2.13. The lowest BCUT2D eigenvalue weighted by molar-refractivity contribution is 0.122. The van der Waals surface area contributed by atoms with Crippen molar-refractivity contribution in [2.45, 2.75) is 13.0 Å². The van der Waals surface area contributed by atoms with Crippen LogP contribution in [0.15, 0.2) is 28.7 Å². The molecule has 0 aliphatic rings. The fraction of sp³-hybridized carbons (Fsp3) is 0.222. The smallest absolute Gasteiger partial charge is 0.214 e. The highest BCUT2D eigenvalue weighted by Gasteiger charge is 2.11. The number of benzene rings is 1. The first-order valence-electron chi connectivity index (χ1n) is 4.06. The number of hydrogen-bond donors (Lipinski definition) is 2. The molecule has 0 saturated carbocycles. The SMILES string of the molecule is CC(NO)c1nc2ccccc2o1. The standard InChI is InChI=1S/C9H10N2O2/c1-6(11-12)9-10-7-4-2-3-5-8(7)13-9/h2-6,11-12H,1H3. The van der Waals surface area contributed by atoms with Crippen molar-refractivity contribution in [3.8, 4) is 0 Å². The van der Waals surface area contributed by atoms with Gasteiger partial charge in [0, 0.05) is 0 Å². The van der Waals surface area contributed by atoms with Gasteiger partial charge >= 0.3 is 0 Å². The van der Waals surface area contributed by atoms with Gasteiger partial charge in [0.2, 0.25) is 5.89 Å². The second kappa shape index (κ2) is 3.16. The number of nitrogens with zero attached hydrogens (tertiary/aromatic N) is 1. The molecule has 2 aromatic rings. The summed E-state index contributed by atoms with van der Waals surface area (Å²) in [6, 6.07) is 7.20. The van der Waals surface area contributed by atoms with Crippen LogP contribution < -0.4 is 5.48 Å². The van der Waals surface area contributed by atoms with Crippen LogP contribution in [-0.2, 0) is 0 Å². The van der Waals surface area contributed by atoms with Crippen molar-refractivity contribution in [1.82, 2.24) is 10.5 Å². The van der Waals surface area contributed by atoms with E-state index in [1.165, 1.54) is 0 Å². The summed E-state index contributed by atoms with van der Waals surface area (Å²) in [5, 5.41) is 8.66. The third kappa shape index (κ3) is 1.41. The highest BCUT2D eigenvalue weighted by Crippen LogP contribution is 2.18. The second-order valence-electron chi connectivity index (χ2n) is 2.87. The molecule has 4 nitrogen and oxygen atoms in total. The minimum absolute atomic E-state index is 0.285. The topological polar surface area (TPSA) is 58.3 Å². The Bertz CT molecular complexity index is 378. The van der Waals surface area contributed by atoms with Crippen molar-refractivity contribution in [3.63, 3.8) is 0 Å². The van der Waals surface area contributed by atoms with Crippen molar-refractivity contribution < 1.29 is 9.62 Å². The predicted octanol–water partition coefficient (Wildman–Crippen LogP) is 1.87. The van der Waals surface area contributed by atoms with Gasteiger partial charge < -0.3 is 9.62 Å². The van der Waals surface area contributed by atoms with Crippen LogP contribution in [0.5, 0.6) is 0 Å². The Morgan fingerprint density at radius 1 is 1.46 bits per heavy atom. The quantitative estimate of drug-likeness (QED) is 0.689. The molecule has 0 radical (unpaired) electrons. The van der Waals surface area contributed by atoms with Gasteiger partial charge in [0.25, 0.3) is 0 Å². The minimum atomic E-state index is -0.285. The van der Waals surface area contributed by atoms with Crippen LogP contribution in [0.2, 0.25) is 0 Å². The molecule has 0 spiro atoms. The summed E-state index contributed by atoms with van der Waals surface area (Å²) < 4.78 is 5.39. The first-order chi connectivity index (χ1) is 6.31. The van der Waals surface area contributed by atoms with Crippen LogP contribution >= 0.6 is 0 Å². The first kappa shape index (κ1) is 8.22. The third-order valence-corrected chi connectivity index (χ3v) is 1.87. The van der Waals surface area contributed by atoms with E-state index in [4.69, 9.17) is 9.62 Å². The lowest BCUT2D eigenvalue weighted by Gasteiger charge is -2.01. The van der Waals surface area contributed by atoms with Gasteiger partial charge in [-0.2, -0.15) is 5.48 Å². The van der Waals surface area contributed by atoms with Gasteiger partial charge in [0.1, 0.15) is 11.6 Å². The number of aromatic nitrogens is 1. The van der Waals surface area contributed by atoms with Gasteiger partial charge in [0.15, 0.2) is 5.58 Å². The predicted molar refractivity (Wildman–Crippen MR) is 47.3 cm³/mol. The highest BCUT2D eigenvalue weighted by molar-refractivity contribution is 5.72. The zero-order valence-corrected chi connectivity index (χ0v) is 7.19. The van der Waals surface area contributed by atoms with Crippen molar-refractivity contribution in [3.05, 3.63) is 30.2 Å². The molecule has 13 heavy (non-hydrogen) atoms. The molecule has 2 N–H and O–H groups in total. The summed E-state index contributed by atoms with van der Waals surface area (Å²) in [5.41, 5.74) is 3.63. The number of oxazole rings is 1. The maximum absolute atomic E-state index is 8.66. The van der Waals surface area contributed by atoms with E-state index in [-0.39, 0.29) is 6.04 Å². The number of fused-ring (bicyclic) bond motifs is 1. The van der Waals surface area contributed by atoms with Crippen LogP contribution in [-0.4, -0.2) is 10.2 Å². The number of rotatable bonds is 2. The van der Waals surface area contributed by atoms with E-state index in [9.17, 15) is 0 Å². The fourth-order valence-electron chi connectivity index (χ4n) is 1.13. The van der Waals surface area contributed by atoms with Crippen LogP contribution in [0.1, 0.15) is 18.9 Å². The molecule has 0 aliphatic carbocycles. The molecular weight excluding hydrogens is 168 g/mol. The number of nitrogens with one attached hydrogen (secondary N) is 1. The summed E-state index contributed by atoms with van der Waals surface area (Å²) in [6.07, 6.45) is 0. The van der Waals surface area contributed by atoms with Gasteiger partial charge in [-0.1, -0.05) is 12.1 Å². The lowest BCUT2D eigenvalue weighted by atomic mass is 10.3. The Labute approximate surface area is 75.2 Å². The number of hydroxylamine groups is 1. The van der Waals surface area contributed by atoms with Gasteiger partial charge in [-0.25, -0.2) is 4.98 Å². The van der Waals surface area contributed by atoms with Crippen LogP contribution in [0, 0.1) is 0 Å². The molecule has 1 heterocycles. The molecule has 0 fully saturated rings. The molecule has 1 aromatic carbocycles. The highest BCUT2D eigenvalue weighted by atomic mass is 16.5. The van der Waals surface area contributed by atoms with E-state index < -0.39 is 0 Å². The minimum Gasteiger partial charge on any atom is -0.439 e. The summed E-state index contributed by atoms with van der Waals surface area (Å²) in [7, 11) is 0. The van der Waals surface area contributed by atoms with Crippen LogP contribution in [0.4, 0.5) is 0 Å². The Hall–Kier alpha value is -1.39. The molecule has 1 aromatic heterocycles. The normalized spacial score (nSPS) is 13.4. The summed E-state index contributed by atoms with van der Waals surface area (Å²) in [6.45, 7) is 1.77. The van der Waals surface area contributed by atoms with Gasteiger partial charge in [-0.15, -0.1) is 0 Å². The average molecular weight is 178 g/mol. The van der Waals surface area contributed by atoms with Gasteiger partial charge in [-0.05, 0) is 19.1 Å². The van der Waals surface area contributed by atoms with Crippen molar-refractivity contribution >= 4 is 11.1 Å². The largest absolute Gasteiger partial charge is 0.439 e. The maximum atomic E-state index is 8.66. The fourth-order valence-corrected chi connectivity index (χ4v) is 1.13. The van der Waals surface area contributed by atoms with E-state index >= 15 is 0 Å². The molecule has 68 valence electrons. The van der Waals surface area contributed by atoms with Crippen molar-refractivity contribution in [2.24, 2.45) is 0 Å². The maximum Gasteiger partial charge on any atom is 0.214 e. The Morgan fingerprint density at radius 2 is 2.23 bits per heavy atom. The van der Waals surface area contributed by atoms with Gasteiger partial charge in [-0.3, -0.25) is 0 Å². The van der Waals surface area contributed by atoms with Crippen molar-refractivity contribution in [1.29, 1.82) is 0 Å².